The van der Waals surface area contributed by atoms with E-state index in [4.69, 9.17) is 25.5 Å². The highest BCUT2D eigenvalue weighted by molar-refractivity contribution is 8.18. The van der Waals surface area contributed by atoms with Gasteiger partial charge in [-0.25, -0.2) is 4.79 Å². The Labute approximate surface area is 203 Å². The minimum Gasteiger partial charge on any atom is -0.493 e. The minimum absolute atomic E-state index is 0.0637. The molecular weight excluding hydrogens is 482 g/mol. The van der Waals surface area contributed by atoms with Gasteiger partial charge in [0.1, 0.15) is 18.1 Å². The maximum atomic E-state index is 12.7. The second-order valence-electron chi connectivity index (χ2n) is 7.03. The summed E-state index contributed by atoms with van der Waals surface area (Å²) in [6.45, 7) is 0.177. The summed E-state index contributed by atoms with van der Waals surface area (Å²) in [5.41, 5.74) is 0.469. The first kappa shape index (κ1) is 23.5. The molecule has 1 aromatic heterocycles. The van der Waals surface area contributed by atoms with Crippen molar-refractivity contribution in [2.45, 2.75) is 0 Å². The molecule has 3 aromatic rings. The molecule has 0 saturated carbocycles. The van der Waals surface area contributed by atoms with Crippen molar-refractivity contribution < 1.29 is 33.4 Å². The summed E-state index contributed by atoms with van der Waals surface area (Å²) >= 11 is 6.99. The fourth-order valence-corrected chi connectivity index (χ4v) is 4.28. The molecule has 8 nitrogen and oxygen atoms in total. The number of carboxylic acid groups (broad SMARTS) is 1. The minimum atomic E-state index is -1.09. The molecule has 4 rings (SSSR count). The number of nitrogens with zero attached hydrogens (tertiary/aromatic N) is 1. The van der Waals surface area contributed by atoms with Gasteiger partial charge >= 0.3 is 5.97 Å². The van der Waals surface area contributed by atoms with E-state index in [0.717, 1.165) is 16.7 Å². The maximum Gasteiger partial charge on any atom is 0.335 e. The first-order valence-corrected chi connectivity index (χ1v) is 11.2. The Hall–Kier alpha value is -3.69. The van der Waals surface area contributed by atoms with Gasteiger partial charge < -0.3 is 19.0 Å². The van der Waals surface area contributed by atoms with Crippen molar-refractivity contribution in [3.8, 4) is 22.8 Å². The van der Waals surface area contributed by atoms with Gasteiger partial charge in [0.25, 0.3) is 11.1 Å². The van der Waals surface area contributed by atoms with Gasteiger partial charge in [-0.05, 0) is 54.2 Å². The van der Waals surface area contributed by atoms with Crippen molar-refractivity contribution >= 4 is 46.6 Å². The van der Waals surface area contributed by atoms with Crippen LogP contribution in [-0.4, -0.2) is 47.4 Å². The zero-order valence-corrected chi connectivity index (χ0v) is 19.4. The number of imide groups is 1. The number of carbonyl (C=O) groups excluding carboxylic acids is 2. The van der Waals surface area contributed by atoms with Gasteiger partial charge in [0.05, 0.1) is 29.1 Å². The Morgan fingerprint density at radius 2 is 1.91 bits per heavy atom. The number of carboxylic acids is 1. The molecule has 1 fully saturated rings. The van der Waals surface area contributed by atoms with Gasteiger partial charge in [-0.1, -0.05) is 23.7 Å². The number of thioether (sulfide) groups is 1. The van der Waals surface area contributed by atoms with E-state index in [1.165, 1.54) is 31.4 Å². The van der Waals surface area contributed by atoms with Crippen LogP contribution in [0.25, 0.3) is 17.4 Å². The van der Waals surface area contributed by atoms with Crippen molar-refractivity contribution in [2.75, 3.05) is 20.3 Å². The quantitative estimate of drug-likeness (QED) is 0.409. The van der Waals surface area contributed by atoms with Crippen molar-refractivity contribution in [1.29, 1.82) is 0 Å². The number of carbonyl (C=O) groups is 3. The molecule has 2 aromatic carbocycles. The van der Waals surface area contributed by atoms with Crippen LogP contribution >= 0.6 is 23.4 Å². The molecule has 0 spiro atoms. The van der Waals surface area contributed by atoms with Crippen LogP contribution in [0.3, 0.4) is 0 Å². The van der Waals surface area contributed by atoms with Crippen molar-refractivity contribution in [3.63, 3.8) is 0 Å². The summed E-state index contributed by atoms with van der Waals surface area (Å²) in [6, 6.07) is 14.6. The number of hydrogen-bond acceptors (Lipinski definition) is 7. The summed E-state index contributed by atoms with van der Waals surface area (Å²) < 4.78 is 16.6. The van der Waals surface area contributed by atoms with Gasteiger partial charge in [-0.3, -0.25) is 14.5 Å². The number of ether oxygens (including phenoxy) is 2. The van der Waals surface area contributed by atoms with Gasteiger partial charge in [0, 0.05) is 11.6 Å². The van der Waals surface area contributed by atoms with Crippen LogP contribution in [0.2, 0.25) is 5.02 Å². The molecule has 1 saturated heterocycles. The zero-order chi connectivity index (χ0) is 24.2. The molecule has 10 heteroatoms. The summed E-state index contributed by atoms with van der Waals surface area (Å²) in [4.78, 5) is 37.7. The number of hydrogen-bond donors (Lipinski definition) is 1. The molecular formula is C24H18ClNO7S. The molecule has 1 N–H and O–H groups in total. The second kappa shape index (κ2) is 10.1. The molecule has 34 heavy (non-hydrogen) atoms. The highest BCUT2D eigenvalue weighted by Gasteiger charge is 2.35. The molecule has 0 radical (unpaired) electrons. The number of para-hydroxylation sites is 2. The molecule has 1 aliphatic rings. The lowest BCUT2D eigenvalue weighted by molar-refractivity contribution is -0.123. The van der Waals surface area contributed by atoms with Crippen molar-refractivity contribution in [1.82, 2.24) is 4.90 Å². The SMILES string of the molecule is COc1ccccc1OCCN1C(=O)S/C(=C\c2ccc(-c3cc(C(=O)O)ccc3Cl)o2)C1=O. The monoisotopic (exact) mass is 499 g/mol. The third-order valence-electron chi connectivity index (χ3n) is 4.89. The van der Waals surface area contributed by atoms with E-state index in [2.05, 4.69) is 0 Å². The number of aromatic carboxylic acids is 1. The van der Waals surface area contributed by atoms with E-state index < -0.39 is 17.1 Å². The van der Waals surface area contributed by atoms with Crippen LogP contribution in [-0.2, 0) is 4.79 Å². The van der Waals surface area contributed by atoms with E-state index in [-0.39, 0.29) is 23.6 Å². The maximum absolute atomic E-state index is 12.7. The lowest BCUT2D eigenvalue weighted by Gasteiger charge is -2.14. The predicted octanol–water partition coefficient (Wildman–Crippen LogP) is 5.42. The third kappa shape index (κ3) is 4.95. The summed E-state index contributed by atoms with van der Waals surface area (Å²) in [6.07, 6.45) is 1.46. The molecule has 0 bridgehead atoms. The summed E-state index contributed by atoms with van der Waals surface area (Å²) in [7, 11) is 1.53. The van der Waals surface area contributed by atoms with E-state index in [1.807, 2.05) is 6.07 Å². The van der Waals surface area contributed by atoms with Crippen LogP contribution in [0, 0.1) is 0 Å². The highest BCUT2D eigenvalue weighted by Crippen LogP contribution is 2.35. The van der Waals surface area contributed by atoms with Gasteiger partial charge in [0.15, 0.2) is 11.5 Å². The van der Waals surface area contributed by atoms with Crippen LogP contribution < -0.4 is 9.47 Å². The van der Waals surface area contributed by atoms with Crippen LogP contribution in [0.4, 0.5) is 4.79 Å². The standard InChI is InChI=1S/C24H18ClNO7S/c1-31-19-4-2-3-5-20(19)32-11-10-26-22(27)21(34-24(26)30)13-15-7-9-18(33-15)16-12-14(23(28)29)6-8-17(16)25/h2-9,12-13H,10-11H2,1H3,(H,28,29)/b21-13-. The normalized spacial score (nSPS) is 14.6. The number of methoxy groups -OCH3 is 1. The van der Waals surface area contributed by atoms with Crippen LogP contribution in [0.1, 0.15) is 16.1 Å². The number of halogens is 1. The lowest BCUT2D eigenvalue weighted by Crippen LogP contribution is -2.32. The fraction of sp³-hybridized carbons (Fsp3) is 0.125. The van der Waals surface area contributed by atoms with Crippen LogP contribution in [0.5, 0.6) is 11.5 Å². The van der Waals surface area contributed by atoms with Gasteiger partial charge in [0.2, 0.25) is 0 Å². The number of benzene rings is 2. The average Bonchev–Trinajstić information content (AvgIpc) is 3.39. The Morgan fingerprint density at radius 1 is 1.15 bits per heavy atom. The molecule has 1 aliphatic heterocycles. The van der Waals surface area contributed by atoms with E-state index in [0.29, 0.717) is 33.6 Å². The van der Waals surface area contributed by atoms with Gasteiger partial charge in [-0.15, -0.1) is 0 Å². The largest absolute Gasteiger partial charge is 0.493 e. The Kier molecular flexibility index (Phi) is 6.95. The topological polar surface area (TPSA) is 106 Å². The highest BCUT2D eigenvalue weighted by atomic mass is 35.5. The average molecular weight is 500 g/mol. The predicted molar refractivity (Wildman–Crippen MR) is 127 cm³/mol. The molecule has 2 amide bonds. The molecule has 174 valence electrons. The second-order valence-corrected chi connectivity index (χ2v) is 8.43. The zero-order valence-electron chi connectivity index (χ0n) is 17.8. The fourth-order valence-electron chi connectivity index (χ4n) is 3.23. The summed E-state index contributed by atoms with van der Waals surface area (Å²) in [5, 5.41) is 9.11. The number of furan rings is 1. The first-order valence-electron chi connectivity index (χ1n) is 10.0. The summed E-state index contributed by atoms with van der Waals surface area (Å²) in [5.74, 6) is 0.183. The van der Waals surface area contributed by atoms with E-state index in [1.54, 1.807) is 30.3 Å². The Morgan fingerprint density at radius 3 is 2.65 bits per heavy atom. The van der Waals surface area contributed by atoms with E-state index in [9.17, 15) is 19.5 Å². The third-order valence-corrected chi connectivity index (χ3v) is 6.13. The molecule has 0 unspecified atom stereocenters. The van der Waals surface area contributed by atoms with Crippen molar-refractivity contribution in [2.24, 2.45) is 0 Å². The first-order chi connectivity index (χ1) is 16.4. The van der Waals surface area contributed by atoms with E-state index >= 15 is 0 Å². The Bertz CT molecular complexity index is 1300. The number of amides is 2. The molecule has 2 heterocycles. The Balaban J connectivity index is 1.45. The van der Waals surface area contributed by atoms with Crippen LogP contribution in [0.15, 0.2) is 63.9 Å². The van der Waals surface area contributed by atoms with Crippen molar-refractivity contribution in [3.05, 3.63) is 75.8 Å². The van der Waals surface area contributed by atoms with Gasteiger partial charge in [-0.2, -0.15) is 0 Å². The molecule has 0 aliphatic carbocycles. The molecule has 0 atom stereocenters. The number of rotatable bonds is 8. The lowest BCUT2D eigenvalue weighted by atomic mass is 10.1. The smallest absolute Gasteiger partial charge is 0.335 e.